The predicted octanol–water partition coefficient (Wildman–Crippen LogP) is 1.74. The van der Waals surface area contributed by atoms with E-state index in [2.05, 4.69) is 10.2 Å². The standard InChI is InChI=1S/C11H10N2O4S/c1-7-10(11(14)13-12-7)6-8-3-2-4-9(5-8)18(15,16)17/h2-5H,6H2,1H3,(H,15,16,17). The minimum atomic E-state index is -4.23. The minimum absolute atomic E-state index is 0.197. The van der Waals surface area contributed by atoms with Gasteiger partial charge in [-0.25, -0.2) is 0 Å². The molecule has 0 radical (unpaired) electrons. The highest BCUT2D eigenvalue weighted by Gasteiger charge is 2.19. The van der Waals surface area contributed by atoms with Crippen molar-refractivity contribution >= 4 is 16.0 Å². The fourth-order valence-corrected chi connectivity index (χ4v) is 2.17. The number of carbonyl (C=O) groups excluding carboxylic acids is 1. The number of carbonyl (C=O) groups is 1. The summed E-state index contributed by atoms with van der Waals surface area (Å²) in [6, 6.07) is 5.77. The molecule has 94 valence electrons. The summed E-state index contributed by atoms with van der Waals surface area (Å²) >= 11 is 0. The monoisotopic (exact) mass is 266 g/mol. The SMILES string of the molecule is CC1=C(Cc2cccc(S(=O)(=O)O)c2)C(=O)N=N1. The predicted molar refractivity (Wildman–Crippen MR) is 62.5 cm³/mol. The summed E-state index contributed by atoms with van der Waals surface area (Å²) in [7, 11) is -4.23. The summed E-state index contributed by atoms with van der Waals surface area (Å²) < 4.78 is 30.9. The molecule has 0 saturated carbocycles. The summed E-state index contributed by atoms with van der Waals surface area (Å²) in [5.74, 6) is -0.412. The van der Waals surface area contributed by atoms with Crippen LogP contribution < -0.4 is 0 Å². The van der Waals surface area contributed by atoms with Gasteiger partial charge < -0.3 is 0 Å². The van der Waals surface area contributed by atoms with Gasteiger partial charge >= 0.3 is 0 Å². The van der Waals surface area contributed by atoms with Gasteiger partial charge in [0, 0.05) is 12.0 Å². The Hall–Kier alpha value is -1.86. The molecule has 1 aromatic rings. The van der Waals surface area contributed by atoms with Gasteiger partial charge in [-0.05, 0) is 24.6 Å². The van der Waals surface area contributed by atoms with Crippen LogP contribution in [-0.4, -0.2) is 18.9 Å². The van der Waals surface area contributed by atoms with Crippen molar-refractivity contribution in [2.45, 2.75) is 18.2 Å². The highest BCUT2D eigenvalue weighted by atomic mass is 32.2. The molecule has 0 aliphatic carbocycles. The van der Waals surface area contributed by atoms with Gasteiger partial charge in [-0.2, -0.15) is 13.5 Å². The molecule has 1 aromatic carbocycles. The number of rotatable bonds is 3. The second kappa shape index (κ2) is 4.43. The van der Waals surface area contributed by atoms with Gasteiger partial charge in [-0.15, -0.1) is 5.11 Å². The smallest absolute Gasteiger partial charge is 0.282 e. The second-order valence-corrected chi connectivity index (χ2v) is 5.29. The number of azo groups is 1. The number of amides is 1. The highest BCUT2D eigenvalue weighted by molar-refractivity contribution is 7.85. The van der Waals surface area contributed by atoms with E-state index >= 15 is 0 Å². The van der Waals surface area contributed by atoms with Gasteiger partial charge in [0.1, 0.15) is 0 Å². The third-order valence-corrected chi connectivity index (χ3v) is 3.41. The zero-order chi connectivity index (χ0) is 13.3. The molecule has 0 unspecified atom stereocenters. The van der Waals surface area contributed by atoms with Crippen LogP contribution in [0, 0.1) is 0 Å². The second-order valence-electron chi connectivity index (χ2n) is 3.87. The molecule has 1 aliphatic heterocycles. The molecule has 0 bridgehead atoms. The van der Waals surface area contributed by atoms with E-state index in [1.54, 1.807) is 13.0 Å². The van der Waals surface area contributed by atoms with E-state index in [-0.39, 0.29) is 11.3 Å². The molecule has 18 heavy (non-hydrogen) atoms. The molecular weight excluding hydrogens is 256 g/mol. The molecule has 0 fully saturated rings. The Labute approximate surface area is 104 Å². The first-order valence-corrected chi connectivity index (χ1v) is 6.54. The number of hydrogen-bond acceptors (Lipinski definition) is 4. The molecule has 1 heterocycles. The fourth-order valence-electron chi connectivity index (χ4n) is 1.62. The van der Waals surface area contributed by atoms with Gasteiger partial charge in [0.15, 0.2) is 0 Å². The summed E-state index contributed by atoms with van der Waals surface area (Å²) in [5, 5.41) is 7.06. The summed E-state index contributed by atoms with van der Waals surface area (Å²) in [5.41, 5.74) is 1.56. The molecule has 1 N–H and O–H groups in total. The van der Waals surface area contributed by atoms with Crippen molar-refractivity contribution in [2.24, 2.45) is 10.2 Å². The van der Waals surface area contributed by atoms with Gasteiger partial charge in [-0.1, -0.05) is 12.1 Å². The topological polar surface area (TPSA) is 96.2 Å². The number of hydrogen-bond donors (Lipinski definition) is 1. The average molecular weight is 266 g/mol. The van der Waals surface area contributed by atoms with Crippen molar-refractivity contribution in [3.8, 4) is 0 Å². The lowest BCUT2D eigenvalue weighted by Gasteiger charge is -2.03. The lowest BCUT2D eigenvalue weighted by molar-refractivity contribution is -0.114. The maximum atomic E-state index is 11.4. The first kappa shape index (κ1) is 12.6. The maximum absolute atomic E-state index is 11.4. The zero-order valence-electron chi connectivity index (χ0n) is 9.49. The molecule has 1 amide bonds. The quantitative estimate of drug-likeness (QED) is 0.843. The Balaban J connectivity index is 2.32. The summed E-state index contributed by atoms with van der Waals surface area (Å²) in [4.78, 5) is 11.2. The van der Waals surface area contributed by atoms with E-state index in [1.165, 1.54) is 18.2 Å². The first-order valence-electron chi connectivity index (χ1n) is 5.10. The van der Waals surface area contributed by atoms with E-state index in [0.717, 1.165) is 0 Å². The molecule has 0 saturated heterocycles. The van der Waals surface area contributed by atoms with Crippen LogP contribution >= 0.6 is 0 Å². The average Bonchev–Trinajstić information content (AvgIpc) is 2.60. The number of benzene rings is 1. The number of allylic oxidation sites excluding steroid dienone is 1. The normalized spacial score (nSPS) is 15.6. The van der Waals surface area contributed by atoms with E-state index in [9.17, 15) is 13.2 Å². The van der Waals surface area contributed by atoms with Crippen LogP contribution in [0.4, 0.5) is 0 Å². The van der Waals surface area contributed by atoms with Crippen LogP contribution in [0.2, 0.25) is 0 Å². The summed E-state index contributed by atoms with van der Waals surface area (Å²) in [6.45, 7) is 1.66. The third kappa shape index (κ3) is 2.52. The molecular formula is C11H10N2O4S. The van der Waals surface area contributed by atoms with Crippen LogP contribution in [-0.2, 0) is 21.3 Å². The van der Waals surface area contributed by atoms with E-state index in [4.69, 9.17) is 4.55 Å². The van der Waals surface area contributed by atoms with Crippen molar-refractivity contribution in [2.75, 3.05) is 0 Å². The van der Waals surface area contributed by atoms with Gasteiger partial charge in [-0.3, -0.25) is 9.35 Å². The first-order chi connectivity index (χ1) is 8.38. The lowest BCUT2D eigenvalue weighted by atomic mass is 10.0. The Morgan fingerprint density at radius 3 is 2.56 bits per heavy atom. The van der Waals surface area contributed by atoms with Gasteiger partial charge in [0.25, 0.3) is 16.0 Å². The molecule has 0 atom stereocenters. The van der Waals surface area contributed by atoms with Crippen molar-refractivity contribution in [3.05, 3.63) is 41.1 Å². The van der Waals surface area contributed by atoms with Crippen LogP contribution in [0.25, 0.3) is 0 Å². The Morgan fingerprint density at radius 1 is 1.28 bits per heavy atom. The molecule has 0 spiro atoms. The van der Waals surface area contributed by atoms with Crippen LogP contribution in [0.5, 0.6) is 0 Å². The third-order valence-electron chi connectivity index (χ3n) is 2.56. The van der Waals surface area contributed by atoms with Crippen LogP contribution in [0.15, 0.2) is 50.7 Å². The molecule has 2 rings (SSSR count). The summed E-state index contributed by atoms with van der Waals surface area (Å²) in [6.07, 6.45) is 0.237. The molecule has 7 heteroatoms. The Bertz CT molecular complexity index is 674. The maximum Gasteiger partial charge on any atom is 0.294 e. The molecule has 1 aliphatic rings. The van der Waals surface area contributed by atoms with Crippen molar-refractivity contribution in [1.29, 1.82) is 0 Å². The van der Waals surface area contributed by atoms with Crippen LogP contribution in [0.1, 0.15) is 12.5 Å². The Morgan fingerprint density at radius 2 is 2.00 bits per heavy atom. The highest BCUT2D eigenvalue weighted by Crippen LogP contribution is 2.21. The lowest BCUT2D eigenvalue weighted by Crippen LogP contribution is -2.02. The van der Waals surface area contributed by atoms with E-state index in [1.807, 2.05) is 0 Å². The number of nitrogens with zero attached hydrogens (tertiary/aromatic N) is 2. The van der Waals surface area contributed by atoms with E-state index in [0.29, 0.717) is 16.8 Å². The van der Waals surface area contributed by atoms with E-state index < -0.39 is 16.0 Å². The van der Waals surface area contributed by atoms with Crippen LogP contribution in [0.3, 0.4) is 0 Å². The largest absolute Gasteiger partial charge is 0.294 e. The zero-order valence-corrected chi connectivity index (χ0v) is 10.3. The molecule has 0 aromatic heterocycles. The molecule has 6 nitrogen and oxygen atoms in total. The van der Waals surface area contributed by atoms with Gasteiger partial charge in [0.2, 0.25) is 0 Å². The van der Waals surface area contributed by atoms with Crippen molar-refractivity contribution in [3.63, 3.8) is 0 Å². The fraction of sp³-hybridized carbons (Fsp3) is 0.182. The van der Waals surface area contributed by atoms with Gasteiger partial charge in [0.05, 0.1) is 10.6 Å². The van der Waals surface area contributed by atoms with Crippen molar-refractivity contribution < 1.29 is 17.8 Å². The minimum Gasteiger partial charge on any atom is -0.282 e. The van der Waals surface area contributed by atoms with Crippen molar-refractivity contribution in [1.82, 2.24) is 0 Å². The Kier molecular flexibility index (Phi) is 3.10.